The quantitative estimate of drug-likeness (QED) is 0.636. The molecule has 0 aliphatic heterocycles. The lowest BCUT2D eigenvalue weighted by atomic mass is 9.80. The van der Waals surface area contributed by atoms with Crippen molar-refractivity contribution in [2.75, 3.05) is 0 Å². The third-order valence-corrected chi connectivity index (χ3v) is 2.17. The molecular formula is C9H16O2. The summed E-state index contributed by atoms with van der Waals surface area (Å²) in [5, 5.41) is 8.80. The summed E-state index contributed by atoms with van der Waals surface area (Å²) < 4.78 is 0. The van der Waals surface area contributed by atoms with Crippen LogP contribution in [0.3, 0.4) is 0 Å². The molecule has 0 amide bonds. The number of hydrogen-bond donors (Lipinski definition) is 1. The first-order valence-electron chi connectivity index (χ1n) is 3.79. The van der Waals surface area contributed by atoms with Crippen LogP contribution in [0.1, 0.15) is 27.7 Å². The number of hydrogen-bond acceptors (Lipinski definition) is 1. The molecule has 2 nitrogen and oxygen atoms in total. The highest BCUT2D eigenvalue weighted by Gasteiger charge is 2.31. The Kier molecular flexibility index (Phi) is 3.30. The fourth-order valence-corrected chi connectivity index (χ4v) is 0.724. The Morgan fingerprint density at radius 3 is 2.27 bits per heavy atom. The van der Waals surface area contributed by atoms with Crippen molar-refractivity contribution >= 4 is 5.97 Å². The van der Waals surface area contributed by atoms with Crippen LogP contribution in [0, 0.1) is 11.3 Å². The van der Waals surface area contributed by atoms with Gasteiger partial charge in [0.05, 0.1) is 5.41 Å². The lowest BCUT2D eigenvalue weighted by Crippen LogP contribution is -2.29. The number of aliphatic carboxylic acids is 1. The van der Waals surface area contributed by atoms with E-state index in [1.165, 1.54) is 0 Å². The molecule has 0 saturated carbocycles. The van der Waals surface area contributed by atoms with Gasteiger partial charge in [-0.05, 0) is 26.7 Å². The van der Waals surface area contributed by atoms with E-state index in [1.54, 1.807) is 13.8 Å². The van der Waals surface area contributed by atoms with Crippen LogP contribution in [-0.2, 0) is 4.79 Å². The standard InChI is InChI=1S/C9H16O2/c1-5-6-7(2)9(3,4)8(10)11/h5-7H,1-4H3,(H,10,11)/b6-5+. The van der Waals surface area contributed by atoms with E-state index in [0.29, 0.717) is 0 Å². The highest BCUT2D eigenvalue weighted by atomic mass is 16.4. The summed E-state index contributed by atoms with van der Waals surface area (Å²) in [6.45, 7) is 7.28. The zero-order valence-electron chi connectivity index (χ0n) is 7.59. The zero-order valence-corrected chi connectivity index (χ0v) is 7.59. The molecule has 0 saturated heterocycles. The lowest BCUT2D eigenvalue weighted by molar-refractivity contribution is -0.148. The van der Waals surface area contributed by atoms with Crippen molar-refractivity contribution < 1.29 is 9.90 Å². The Morgan fingerprint density at radius 2 is 2.00 bits per heavy atom. The summed E-state index contributed by atoms with van der Waals surface area (Å²) in [6, 6.07) is 0. The molecule has 0 bridgehead atoms. The van der Waals surface area contributed by atoms with E-state index in [-0.39, 0.29) is 5.92 Å². The second-order valence-corrected chi connectivity index (χ2v) is 3.34. The molecule has 0 spiro atoms. The molecule has 0 rings (SSSR count). The van der Waals surface area contributed by atoms with E-state index in [4.69, 9.17) is 5.11 Å². The topological polar surface area (TPSA) is 37.3 Å². The number of allylic oxidation sites excluding steroid dienone is 2. The predicted octanol–water partition coefficient (Wildman–Crippen LogP) is 2.31. The smallest absolute Gasteiger partial charge is 0.309 e. The van der Waals surface area contributed by atoms with E-state index in [1.807, 2.05) is 26.0 Å². The summed E-state index contributed by atoms with van der Waals surface area (Å²) >= 11 is 0. The molecule has 0 aromatic rings. The SMILES string of the molecule is C/C=C/C(C)C(C)(C)C(=O)O. The van der Waals surface area contributed by atoms with Gasteiger partial charge in [0, 0.05) is 0 Å². The minimum atomic E-state index is -0.747. The number of carboxylic acid groups (broad SMARTS) is 1. The number of carboxylic acids is 1. The fraction of sp³-hybridized carbons (Fsp3) is 0.667. The monoisotopic (exact) mass is 156 g/mol. The van der Waals surface area contributed by atoms with Gasteiger partial charge in [0.25, 0.3) is 0 Å². The Labute approximate surface area is 67.9 Å². The largest absolute Gasteiger partial charge is 0.481 e. The van der Waals surface area contributed by atoms with Crippen molar-refractivity contribution in [2.45, 2.75) is 27.7 Å². The highest BCUT2D eigenvalue weighted by molar-refractivity contribution is 5.74. The molecule has 1 N–H and O–H groups in total. The molecule has 1 unspecified atom stereocenters. The van der Waals surface area contributed by atoms with Crippen LogP contribution in [0.2, 0.25) is 0 Å². The molecule has 0 heterocycles. The van der Waals surface area contributed by atoms with Crippen LogP contribution in [0.5, 0.6) is 0 Å². The summed E-state index contributed by atoms with van der Waals surface area (Å²) in [5.41, 5.74) is -0.660. The van der Waals surface area contributed by atoms with Gasteiger partial charge in [-0.3, -0.25) is 4.79 Å². The van der Waals surface area contributed by atoms with Crippen molar-refractivity contribution in [3.05, 3.63) is 12.2 Å². The van der Waals surface area contributed by atoms with Crippen molar-refractivity contribution in [1.82, 2.24) is 0 Å². The van der Waals surface area contributed by atoms with Gasteiger partial charge in [0.2, 0.25) is 0 Å². The molecule has 0 aliphatic carbocycles. The zero-order chi connectivity index (χ0) is 9.07. The Balaban J connectivity index is 4.41. The summed E-state index contributed by atoms with van der Waals surface area (Å²) in [4.78, 5) is 10.7. The number of carbonyl (C=O) groups is 1. The Morgan fingerprint density at radius 1 is 1.55 bits per heavy atom. The average molecular weight is 156 g/mol. The van der Waals surface area contributed by atoms with Crippen LogP contribution >= 0.6 is 0 Å². The molecule has 0 aromatic heterocycles. The normalized spacial score (nSPS) is 15.3. The van der Waals surface area contributed by atoms with Crippen LogP contribution in [0.25, 0.3) is 0 Å². The van der Waals surface area contributed by atoms with E-state index < -0.39 is 11.4 Å². The molecule has 64 valence electrons. The minimum Gasteiger partial charge on any atom is -0.481 e. The van der Waals surface area contributed by atoms with Crippen molar-refractivity contribution in [3.8, 4) is 0 Å². The Bertz CT molecular complexity index is 168. The van der Waals surface area contributed by atoms with Crippen molar-refractivity contribution in [2.24, 2.45) is 11.3 Å². The summed E-state index contributed by atoms with van der Waals surface area (Å²) in [6.07, 6.45) is 3.80. The molecule has 0 radical (unpaired) electrons. The van der Waals surface area contributed by atoms with Gasteiger partial charge in [-0.2, -0.15) is 0 Å². The Hall–Kier alpha value is -0.790. The first-order valence-corrected chi connectivity index (χ1v) is 3.79. The third kappa shape index (κ3) is 2.37. The summed E-state index contributed by atoms with van der Waals surface area (Å²) in [5.74, 6) is -0.673. The van der Waals surface area contributed by atoms with Gasteiger partial charge in [-0.1, -0.05) is 19.1 Å². The first kappa shape index (κ1) is 10.2. The van der Waals surface area contributed by atoms with Gasteiger partial charge in [0.15, 0.2) is 0 Å². The molecule has 11 heavy (non-hydrogen) atoms. The van der Waals surface area contributed by atoms with Gasteiger partial charge < -0.3 is 5.11 Å². The van der Waals surface area contributed by atoms with E-state index in [9.17, 15) is 4.79 Å². The van der Waals surface area contributed by atoms with Gasteiger partial charge in [-0.25, -0.2) is 0 Å². The van der Waals surface area contributed by atoms with Crippen LogP contribution in [0.15, 0.2) is 12.2 Å². The van der Waals surface area contributed by atoms with Crippen LogP contribution in [-0.4, -0.2) is 11.1 Å². The fourth-order valence-electron chi connectivity index (χ4n) is 0.724. The predicted molar refractivity (Wildman–Crippen MR) is 45.4 cm³/mol. The van der Waals surface area contributed by atoms with Crippen molar-refractivity contribution in [1.29, 1.82) is 0 Å². The van der Waals surface area contributed by atoms with E-state index >= 15 is 0 Å². The maximum atomic E-state index is 10.7. The van der Waals surface area contributed by atoms with Gasteiger partial charge in [-0.15, -0.1) is 0 Å². The van der Waals surface area contributed by atoms with Gasteiger partial charge in [0.1, 0.15) is 0 Å². The second kappa shape index (κ2) is 3.56. The molecular weight excluding hydrogens is 140 g/mol. The summed E-state index contributed by atoms with van der Waals surface area (Å²) in [7, 11) is 0. The average Bonchev–Trinajstić information content (AvgIpc) is 1.88. The lowest BCUT2D eigenvalue weighted by Gasteiger charge is -2.24. The maximum Gasteiger partial charge on any atom is 0.309 e. The third-order valence-electron chi connectivity index (χ3n) is 2.17. The molecule has 0 aromatic carbocycles. The molecule has 2 heteroatoms. The molecule has 0 aliphatic rings. The highest BCUT2D eigenvalue weighted by Crippen LogP contribution is 2.27. The molecule has 0 fully saturated rings. The molecule has 1 atom stereocenters. The minimum absolute atomic E-state index is 0.0741. The number of rotatable bonds is 3. The second-order valence-electron chi connectivity index (χ2n) is 3.34. The first-order chi connectivity index (χ1) is 4.92. The van der Waals surface area contributed by atoms with E-state index in [0.717, 1.165) is 0 Å². The van der Waals surface area contributed by atoms with Gasteiger partial charge >= 0.3 is 5.97 Å². The van der Waals surface area contributed by atoms with Crippen LogP contribution < -0.4 is 0 Å². The maximum absolute atomic E-state index is 10.7. The van der Waals surface area contributed by atoms with E-state index in [2.05, 4.69) is 0 Å². The van der Waals surface area contributed by atoms with Crippen LogP contribution in [0.4, 0.5) is 0 Å². The van der Waals surface area contributed by atoms with Crippen molar-refractivity contribution in [3.63, 3.8) is 0 Å².